The van der Waals surface area contributed by atoms with Gasteiger partial charge in [0.25, 0.3) is 5.91 Å². The predicted molar refractivity (Wildman–Crippen MR) is 93.7 cm³/mol. The third-order valence-corrected chi connectivity index (χ3v) is 4.89. The Balaban J connectivity index is 1.53. The molecule has 0 radical (unpaired) electrons. The maximum atomic E-state index is 13.6. The van der Waals surface area contributed by atoms with Crippen LogP contribution in [0.15, 0.2) is 42.5 Å². The van der Waals surface area contributed by atoms with Gasteiger partial charge in [-0.1, -0.05) is 0 Å². The molecule has 0 spiro atoms. The molecule has 27 heavy (non-hydrogen) atoms. The second-order valence-corrected chi connectivity index (χ2v) is 6.62. The highest BCUT2D eigenvalue weighted by Crippen LogP contribution is 2.31. The fraction of sp³-hybridized carbons (Fsp3) is 0.263. The Hall–Kier alpha value is -3.16. The van der Waals surface area contributed by atoms with Gasteiger partial charge in [-0.15, -0.1) is 0 Å². The van der Waals surface area contributed by atoms with Crippen LogP contribution >= 0.6 is 0 Å². The van der Waals surface area contributed by atoms with Crippen LogP contribution in [0.3, 0.4) is 0 Å². The summed E-state index contributed by atoms with van der Waals surface area (Å²) in [7, 11) is 1.64. The molecule has 8 heteroatoms. The minimum Gasteiger partial charge on any atom is -0.485 e. The van der Waals surface area contributed by atoms with Gasteiger partial charge in [0.1, 0.15) is 23.5 Å². The molecule has 2 heterocycles. The summed E-state index contributed by atoms with van der Waals surface area (Å²) in [6.45, 7) is 0.516. The first-order chi connectivity index (χ1) is 12.9. The van der Waals surface area contributed by atoms with E-state index < -0.39 is 17.7 Å². The normalized spacial score (nSPS) is 21.2. The van der Waals surface area contributed by atoms with Gasteiger partial charge >= 0.3 is 6.03 Å². The molecular weight excluding hydrogens is 356 g/mol. The van der Waals surface area contributed by atoms with Crippen molar-refractivity contribution in [2.75, 3.05) is 25.5 Å². The Morgan fingerprint density at radius 3 is 2.56 bits per heavy atom. The lowest BCUT2D eigenvalue weighted by molar-refractivity contribution is 0.0682. The summed E-state index contributed by atoms with van der Waals surface area (Å²) in [6, 6.07) is 8.52. The topological polar surface area (TPSA) is 61.9 Å². The largest absolute Gasteiger partial charge is 0.485 e. The number of hydrogen-bond acceptors (Lipinski definition) is 3. The van der Waals surface area contributed by atoms with E-state index in [1.54, 1.807) is 7.05 Å². The molecule has 3 amide bonds. The average molecular weight is 373 g/mol. The molecule has 140 valence electrons. The zero-order valence-electron chi connectivity index (χ0n) is 14.5. The van der Waals surface area contributed by atoms with Crippen molar-refractivity contribution in [1.29, 1.82) is 0 Å². The van der Waals surface area contributed by atoms with Crippen molar-refractivity contribution in [3.8, 4) is 5.75 Å². The van der Waals surface area contributed by atoms with Gasteiger partial charge in [-0.25, -0.2) is 13.6 Å². The third kappa shape index (κ3) is 3.18. The van der Waals surface area contributed by atoms with Crippen LogP contribution in [-0.4, -0.2) is 54.0 Å². The molecule has 2 atom stereocenters. The lowest BCUT2D eigenvalue weighted by Crippen LogP contribution is -2.44. The van der Waals surface area contributed by atoms with Crippen LogP contribution in [0, 0.1) is 11.6 Å². The Morgan fingerprint density at radius 2 is 1.81 bits per heavy atom. The molecule has 4 rings (SSSR count). The maximum Gasteiger partial charge on any atom is 0.322 e. The van der Waals surface area contributed by atoms with Crippen LogP contribution in [0.1, 0.15) is 10.4 Å². The lowest BCUT2D eigenvalue weighted by atomic mass is 10.1. The standard InChI is InChI=1S/C19H17F2N3O3/c1-23-15-9-24(19(26)22-13-5-2-11(20)3-6-13)10-17(15)27-16-8-12(21)4-7-14(16)18(23)25/h2-8,15,17H,9-10H2,1H3,(H,22,26). The van der Waals surface area contributed by atoms with Crippen LogP contribution < -0.4 is 10.1 Å². The molecule has 6 nitrogen and oxygen atoms in total. The van der Waals surface area contributed by atoms with E-state index in [1.165, 1.54) is 52.3 Å². The van der Waals surface area contributed by atoms with E-state index in [2.05, 4.69) is 5.32 Å². The number of carbonyl (C=O) groups excluding carboxylic acids is 2. The minimum atomic E-state index is -0.494. The molecule has 1 saturated heterocycles. The van der Waals surface area contributed by atoms with E-state index in [0.717, 1.165) is 0 Å². The SMILES string of the molecule is CN1C(=O)c2ccc(F)cc2OC2CN(C(=O)Nc3ccc(F)cc3)CC21. The van der Waals surface area contributed by atoms with Crippen molar-refractivity contribution < 1.29 is 23.1 Å². The number of anilines is 1. The molecule has 1 N–H and O–H groups in total. The monoisotopic (exact) mass is 373 g/mol. The van der Waals surface area contributed by atoms with Gasteiger partial charge in [0, 0.05) is 25.3 Å². The summed E-state index contributed by atoms with van der Waals surface area (Å²) in [4.78, 5) is 28.2. The summed E-state index contributed by atoms with van der Waals surface area (Å²) in [5.74, 6) is -0.985. The first-order valence-electron chi connectivity index (χ1n) is 8.47. The highest BCUT2D eigenvalue weighted by atomic mass is 19.1. The van der Waals surface area contributed by atoms with E-state index in [0.29, 0.717) is 11.3 Å². The van der Waals surface area contributed by atoms with E-state index in [-0.39, 0.29) is 36.8 Å². The Bertz CT molecular complexity index is 904. The van der Waals surface area contributed by atoms with Crippen molar-refractivity contribution in [2.45, 2.75) is 12.1 Å². The van der Waals surface area contributed by atoms with E-state index in [4.69, 9.17) is 4.74 Å². The van der Waals surface area contributed by atoms with E-state index in [1.807, 2.05) is 0 Å². The average Bonchev–Trinajstić information content (AvgIpc) is 3.03. The predicted octanol–water partition coefficient (Wildman–Crippen LogP) is 2.71. The van der Waals surface area contributed by atoms with Crippen molar-refractivity contribution in [3.63, 3.8) is 0 Å². The molecular formula is C19H17F2N3O3. The highest BCUT2D eigenvalue weighted by Gasteiger charge is 2.43. The van der Waals surface area contributed by atoms with Crippen LogP contribution in [0.2, 0.25) is 0 Å². The van der Waals surface area contributed by atoms with Gasteiger partial charge in [-0.2, -0.15) is 0 Å². The summed E-state index contributed by atoms with van der Waals surface area (Å²) < 4.78 is 32.4. The number of amides is 3. The molecule has 2 aliphatic rings. The molecule has 2 unspecified atom stereocenters. The molecule has 2 aromatic carbocycles. The second kappa shape index (κ2) is 6.53. The fourth-order valence-corrected chi connectivity index (χ4v) is 3.42. The zero-order chi connectivity index (χ0) is 19.1. The Labute approximate surface area is 154 Å². The number of nitrogens with zero attached hydrogens (tertiary/aromatic N) is 2. The number of fused-ring (bicyclic) bond motifs is 2. The van der Waals surface area contributed by atoms with Gasteiger partial charge < -0.3 is 19.9 Å². The number of benzene rings is 2. The third-order valence-electron chi connectivity index (χ3n) is 4.89. The van der Waals surface area contributed by atoms with Gasteiger partial charge in [-0.05, 0) is 36.4 Å². The number of urea groups is 1. The van der Waals surface area contributed by atoms with Gasteiger partial charge in [0.15, 0.2) is 0 Å². The summed E-state index contributed by atoms with van der Waals surface area (Å²) in [5, 5.41) is 2.69. The van der Waals surface area contributed by atoms with Gasteiger partial charge in [0.2, 0.25) is 0 Å². The number of likely N-dealkylation sites (tertiary alicyclic amines) is 1. The smallest absolute Gasteiger partial charge is 0.322 e. The van der Waals surface area contributed by atoms with Crippen molar-refractivity contribution >= 4 is 17.6 Å². The molecule has 0 saturated carbocycles. The van der Waals surface area contributed by atoms with E-state index >= 15 is 0 Å². The maximum absolute atomic E-state index is 13.6. The first kappa shape index (κ1) is 17.3. The molecule has 0 aromatic heterocycles. The number of nitrogens with one attached hydrogen (secondary N) is 1. The summed E-state index contributed by atoms with van der Waals surface area (Å²) in [6.07, 6.45) is -0.471. The molecule has 1 fully saturated rings. The lowest BCUT2D eigenvalue weighted by Gasteiger charge is -2.25. The number of likely N-dealkylation sites (N-methyl/N-ethyl adjacent to an activating group) is 1. The summed E-state index contributed by atoms with van der Waals surface area (Å²) >= 11 is 0. The molecule has 2 aromatic rings. The number of ether oxygens (including phenoxy) is 1. The number of carbonyl (C=O) groups is 2. The quantitative estimate of drug-likeness (QED) is 0.836. The van der Waals surface area contributed by atoms with Crippen LogP contribution in [-0.2, 0) is 0 Å². The minimum absolute atomic E-state index is 0.181. The van der Waals surface area contributed by atoms with E-state index in [9.17, 15) is 18.4 Å². The van der Waals surface area contributed by atoms with Crippen LogP contribution in [0.25, 0.3) is 0 Å². The highest BCUT2D eigenvalue weighted by molar-refractivity contribution is 5.97. The fourth-order valence-electron chi connectivity index (χ4n) is 3.42. The second-order valence-electron chi connectivity index (χ2n) is 6.62. The van der Waals surface area contributed by atoms with Crippen molar-refractivity contribution in [1.82, 2.24) is 9.80 Å². The summed E-state index contributed by atoms with van der Waals surface area (Å²) in [5.41, 5.74) is 0.766. The number of hydrogen-bond donors (Lipinski definition) is 1. The number of rotatable bonds is 1. The Kier molecular flexibility index (Phi) is 4.18. The van der Waals surface area contributed by atoms with Crippen LogP contribution in [0.4, 0.5) is 19.3 Å². The Morgan fingerprint density at radius 1 is 1.11 bits per heavy atom. The number of halogens is 2. The molecule has 0 bridgehead atoms. The molecule has 2 aliphatic heterocycles. The van der Waals surface area contributed by atoms with Crippen LogP contribution in [0.5, 0.6) is 5.75 Å². The first-order valence-corrected chi connectivity index (χ1v) is 8.47. The van der Waals surface area contributed by atoms with Crippen molar-refractivity contribution in [3.05, 3.63) is 59.7 Å². The van der Waals surface area contributed by atoms with Crippen molar-refractivity contribution in [2.24, 2.45) is 0 Å². The zero-order valence-corrected chi connectivity index (χ0v) is 14.5. The molecule has 0 aliphatic carbocycles. The van der Waals surface area contributed by atoms with Gasteiger partial charge in [0.05, 0.1) is 18.2 Å². The van der Waals surface area contributed by atoms with Gasteiger partial charge in [-0.3, -0.25) is 4.79 Å².